The molecular weight excluding hydrogens is 232 g/mol. The van der Waals surface area contributed by atoms with Crippen LogP contribution in [0.1, 0.15) is 20.8 Å². The predicted octanol–water partition coefficient (Wildman–Crippen LogP) is 2.35. The van der Waals surface area contributed by atoms with Crippen molar-refractivity contribution in [3.05, 3.63) is 25.3 Å². The fourth-order valence-corrected chi connectivity index (χ4v) is 1.37. The number of carbonyl (C=O) groups is 2. The molecule has 0 aliphatic carbocycles. The van der Waals surface area contributed by atoms with E-state index in [0.29, 0.717) is 0 Å². The molecule has 102 valence electrons. The molecule has 0 amide bonds. The van der Waals surface area contributed by atoms with E-state index in [1.165, 1.54) is 12.2 Å². The van der Waals surface area contributed by atoms with Gasteiger partial charge in [-0.1, -0.05) is 46.1 Å². The molecule has 4 nitrogen and oxygen atoms in total. The largest absolute Gasteiger partial charge is 0.461 e. The van der Waals surface area contributed by atoms with Crippen molar-refractivity contribution >= 4 is 11.9 Å². The van der Waals surface area contributed by atoms with E-state index in [2.05, 4.69) is 13.2 Å². The number of esters is 2. The highest BCUT2D eigenvalue weighted by molar-refractivity contribution is 5.95. The topological polar surface area (TPSA) is 52.6 Å². The Kier molecular flexibility index (Phi) is 7.76. The van der Waals surface area contributed by atoms with Crippen LogP contribution < -0.4 is 0 Å². The second-order valence-electron chi connectivity index (χ2n) is 4.42. The first-order chi connectivity index (χ1) is 8.45. The molecule has 18 heavy (non-hydrogen) atoms. The maximum absolute atomic E-state index is 11.9. The molecular formula is C14H22O4. The van der Waals surface area contributed by atoms with Crippen molar-refractivity contribution in [1.29, 1.82) is 0 Å². The van der Waals surface area contributed by atoms with Crippen molar-refractivity contribution in [3.8, 4) is 0 Å². The maximum Gasteiger partial charge on any atom is 0.320 e. The molecule has 1 atom stereocenters. The summed E-state index contributed by atoms with van der Waals surface area (Å²) in [7, 11) is 0. The molecule has 0 heterocycles. The molecule has 0 spiro atoms. The highest BCUT2D eigenvalue weighted by Gasteiger charge is 2.36. The lowest BCUT2D eigenvalue weighted by Gasteiger charge is -2.23. The van der Waals surface area contributed by atoms with Gasteiger partial charge in [-0.15, -0.1) is 0 Å². The standard InChI is InChI=1S/C14H22O4/c1-6-8-17-13(15)12(11(5)10(3)4)14(16)18-9-7-2/h6-7,10-12H,1-2,8-9H2,3-5H3. The van der Waals surface area contributed by atoms with Gasteiger partial charge in [0.25, 0.3) is 0 Å². The second kappa shape index (κ2) is 8.50. The molecule has 0 saturated heterocycles. The van der Waals surface area contributed by atoms with Crippen molar-refractivity contribution in [3.63, 3.8) is 0 Å². The van der Waals surface area contributed by atoms with Gasteiger partial charge in [-0.3, -0.25) is 9.59 Å². The lowest BCUT2D eigenvalue weighted by Crippen LogP contribution is -2.35. The van der Waals surface area contributed by atoms with Crippen LogP contribution in [0, 0.1) is 17.8 Å². The summed E-state index contributed by atoms with van der Waals surface area (Å²) in [5.74, 6) is -2.01. The fraction of sp³-hybridized carbons (Fsp3) is 0.571. The first-order valence-corrected chi connectivity index (χ1v) is 6.00. The highest BCUT2D eigenvalue weighted by atomic mass is 16.6. The Bertz CT molecular complexity index is 283. The number of carbonyl (C=O) groups excluding carboxylic acids is 2. The zero-order valence-electron chi connectivity index (χ0n) is 11.3. The van der Waals surface area contributed by atoms with Crippen LogP contribution in [-0.4, -0.2) is 25.2 Å². The average molecular weight is 254 g/mol. The lowest BCUT2D eigenvalue weighted by atomic mass is 9.85. The number of hydrogen-bond donors (Lipinski definition) is 0. The third-order valence-electron chi connectivity index (χ3n) is 2.77. The SMILES string of the molecule is C=CCOC(=O)C(C(=O)OCC=C)C(C)C(C)C. The van der Waals surface area contributed by atoms with E-state index >= 15 is 0 Å². The Morgan fingerprint density at radius 2 is 1.39 bits per heavy atom. The van der Waals surface area contributed by atoms with Crippen LogP contribution in [0.15, 0.2) is 25.3 Å². The van der Waals surface area contributed by atoms with E-state index in [1.54, 1.807) is 0 Å². The van der Waals surface area contributed by atoms with Gasteiger partial charge in [0.05, 0.1) is 0 Å². The third kappa shape index (κ3) is 5.17. The van der Waals surface area contributed by atoms with Gasteiger partial charge in [0.2, 0.25) is 0 Å². The van der Waals surface area contributed by atoms with Crippen molar-refractivity contribution in [2.45, 2.75) is 20.8 Å². The zero-order valence-corrected chi connectivity index (χ0v) is 11.3. The summed E-state index contributed by atoms with van der Waals surface area (Å²) in [6.45, 7) is 12.8. The minimum absolute atomic E-state index is 0.0921. The predicted molar refractivity (Wildman–Crippen MR) is 69.8 cm³/mol. The molecule has 0 aromatic carbocycles. The van der Waals surface area contributed by atoms with Crippen molar-refractivity contribution < 1.29 is 19.1 Å². The molecule has 0 fully saturated rings. The molecule has 0 radical (unpaired) electrons. The van der Waals surface area contributed by atoms with Crippen LogP contribution in [0.4, 0.5) is 0 Å². The van der Waals surface area contributed by atoms with Crippen LogP contribution in [-0.2, 0) is 19.1 Å². The minimum atomic E-state index is -0.898. The number of ether oxygens (including phenoxy) is 2. The molecule has 4 heteroatoms. The fourth-order valence-electron chi connectivity index (χ4n) is 1.37. The summed E-state index contributed by atoms with van der Waals surface area (Å²) >= 11 is 0. The number of rotatable bonds is 8. The monoisotopic (exact) mass is 254 g/mol. The van der Waals surface area contributed by atoms with Gasteiger partial charge in [-0.2, -0.15) is 0 Å². The van der Waals surface area contributed by atoms with E-state index in [0.717, 1.165) is 0 Å². The first kappa shape index (κ1) is 16.4. The van der Waals surface area contributed by atoms with E-state index in [1.807, 2.05) is 20.8 Å². The molecule has 0 saturated carbocycles. The Hall–Kier alpha value is -1.58. The van der Waals surface area contributed by atoms with E-state index in [9.17, 15) is 9.59 Å². The average Bonchev–Trinajstić information content (AvgIpc) is 2.33. The van der Waals surface area contributed by atoms with Gasteiger partial charge < -0.3 is 9.47 Å². The van der Waals surface area contributed by atoms with Gasteiger partial charge in [-0.05, 0) is 11.8 Å². The summed E-state index contributed by atoms with van der Waals surface area (Å²) in [4.78, 5) is 23.7. The zero-order chi connectivity index (χ0) is 14.1. The van der Waals surface area contributed by atoms with E-state index in [-0.39, 0.29) is 25.0 Å². The smallest absolute Gasteiger partial charge is 0.320 e. The van der Waals surface area contributed by atoms with Crippen molar-refractivity contribution in [2.24, 2.45) is 17.8 Å². The first-order valence-electron chi connectivity index (χ1n) is 6.00. The normalized spacial score (nSPS) is 12.1. The van der Waals surface area contributed by atoms with Crippen LogP contribution in [0.2, 0.25) is 0 Å². The quantitative estimate of drug-likeness (QED) is 0.379. The van der Waals surface area contributed by atoms with Crippen LogP contribution in [0.3, 0.4) is 0 Å². The Labute approximate surface area is 109 Å². The van der Waals surface area contributed by atoms with Crippen LogP contribution >= 0.6 is 0 Å². The molecule has 0 N–H and O–H groups in total. The summed E-state index contributed by atoms with van der Waals surface area (Å²) in [6, 6.07) is 0. The molecule has 0 aromatic heterocycles. The van der Waals surface area contributed by atoms with Crippen molar-refractivity contribution in [1.82, 2.24) is 0 Å². The Balaban J connectivity index is 4.80. The number of hydrogen-bond acceptors (Lipinski definition) is 4. The third-order valence-corrected chi connectivity index (χ3v) is 2.77. The van der Waals surface area contributed by atoms with Gasteiger partial charge in [0.15, 0.2) is 5.92 Å². The van der Waals surface area contributed by atoms with E-state index in [4.69, 9.17) is 9.47 Å². The summed E-state index contributed by atoms with van der Waals surface area (Å²) in [5.41, 5.74) is 0. The highest BCUT2D eigenvalue weighted by Crippen LogP contribution is 2.23. The summed E-state index contributed by atoms with van der Waals surface area (Å²) in [5, 5.41) is 0. The van der Waals surface area contributed by atoms with Gasteiger partial charge >= 0.3 is 11.9 Å². The van der Waals surface area contributed by atoms with Gasteiger partial charge in [-0.25, -0.2) is 0 Å². The molecule has 0 rings (SSSR count). The Morgan fingerprint density at radius 3 is 1.67 bits per heavy atom. The summed E-state index contributed by atoms with van der Waals surface area (Å²) in [6.07, 6.45) is 2.92. The van der Waals surface area contributed by atoms with Gasteiger partial charge in [0, 0.05) is 0 Å². The molecule has 0 aromatic rings. The molecule has 0 aliphatic heterocycles. The molecule has 0 aliphatic rings. The Morgan fingerprint density at radius 1 is 1.00 bits per heavy atom. The maximum atomic E-state index is 11.9. The van der Waals surface area contributed by atoms with E-state index < -0.39 is 17.9 Å². The van der Waals surface area contributed by atoms with Gasteiger partial charge in [0.1, 0.15) is 13.2 Å². The van der Waals surface area contributed by atoms with Crippen LogP contribution in [0.5, 0.6) is 0 Å². The molecule has 1 unspecified atom stereocenters. The molecule has 0 bridgehead atoms. The summed E-state index contributed by atoms with van der Waals surface area (Å²) < 4.78 is 9.88. The lowest BCUT2D eigenvalue weighted by molar-refractivity contribution is -0.164. The second-order valence-corrected chi connectivity index (χ2v) is 4.42. The minimum Gasteiger partial charge on any atom is -0.461 e. The van der Waals surface area contributed by atoms with Crippen LogP contribution in [0.25, 0.3) is 0 Å². The van der Waals surface area contributed by atoms with Crippen molar-refractivity contribution in [2.75, 3.05) is 13.2 Å².